The zero-order valence-corrected chi connectivity index (χ0v) is 9.22. The van der Waals surface area contributed by atoms with E-state index < -0.39 is 0 Å². The van der Waals surface area contributed by atoms with E-state index in [1.54, 1.807) is 6.20 Å². The van der Waals surface area contributed by atoms with E-state index in [0.717, 1.165) is 21.9 Å². The average molecular weight is 229 g/mol. The van der Waals surface area contributed by atoms with Gasteiger partial charge in [0.05, 0.1) is 16.7 Å². The molecule has 0 N–H and O–H groups in total. The first-order valence-electron chi connectivity index (χ1n) is 5.03. The summed E-state index contributed by atoms with van der Waals surface area (Å²) in [7, 11) is 0. The average Bonchev–Trinajstić information content (AvgIpc) is 2.75. The van der Waals surface area contributed by atoms with Gasteiger partial charge in [-0.15, -0.1) is 0 Å². The van der Waals surface area contributed by atoms with Crippen molar-refractivity contribution >= 4 is 17.1 Å². The fourth-order valence-corrected chi connectivity index (χ4v) is 2.00. The van der Waals surface area contributed by atoms with Crippen molar-refractivity contribution < 1.29 is 0 Å². The fourth-order valence-electron chi connectivity index (χ4n) is 1.79. The Kier molecular flexibility index (Phi) is 2.15. The normalized spacial score (nSPS) is 10.8. The lowest BCUT2D eigenvalue weighted by atomic mass is 10.2. The van der Waals surface area contributed by atoms with Crippen LogP contribution in [0.1, 0.15) is 0 Å². The quantitative estimate of drug-likeness (QED) is 0.621. The zero-order valence-electron chi connectivity index (χ0n) is 8.47. The highest BCUT2D eigenvalue weighted by molar-refractivity contribution is 6.33. The standard InChI is InChI=1S/C13H9ClN2/c14-11-7-4-8-16-12(11)9-15-13(16)10-5-2-1-3-6-10/h1-9H. The molecule has 3 heteroatoms. The van der Waals surface area contributed by atoms with Gasteiger partial charge in [0, 0.05) is 11.8 Å². The first-order valence-corrected chi connectivity index (χ1v) is 5.41. The van der Waals surface area contributed by atoms with Crippen LogP contribution >= 0.6 is 11.6 Å². The molecule has 2 nitrogen and oxygen atoms in total. The molecule has 0 aliphatic carbocycles. The molecule has 0 spiro atoms. The second-order valence-corrected chi connectivity index (χ2v) is 3.97. The van der Waals surface area contributed by atoms with Crippen LogP contribution in [0.25, 0.3) is 16.9 Å². The van der Waals surface area contributed by atoms with Crippen LogP contribution in [-0.2, 0) is 0 Å². The van der Waals surface area contributed by atoms with Crippen LogP contribution in [-0.4, -0.2) is 9.38 Å². The highest BCUT2D eigenvalue weighted by Crippen LogP contribution is 2.23. The Balaban J connectivity index is 2.30. The van der Waals surface area contributed by atoms with Gasteiger partial charge in [0.2, 0.25) is 0 Å². The lowest BCUT2D eigenvalue weighted by Crippen LogP contribution is -1.88. The molecular weight excluding hydrogens is 220 g/mol. The summed E-state index contributed by atoms with van der Waals surface area (Å²) in [6.45, 7) is 0. The summed E-state index contributed by atoms with van der Waals surface area (Å²) in [6.07, 6.45) is 3.77. The van der Waals surface area contributed by atoms with Crippen molar-refractivity contribution in [2.24, 2.45) is 0 Å². The minimum atomic E-state index is 0.720. The number of imidazole rings is 1. The molecule has 0 aliphatic rings. The summed E-state index contributed by atoms with van der Waals surface area (Å²) >= 11 is 6.10. The van der Waals surface area contributed by atoms with E-state index >= 15 is 0 Å². The molecule has 0 unspecified atom stereocenters. The lowest BCUT2D eigenvalue weighted by molar-refractivity contribution is 1.16. The predicted molar refractivity (Wildman–Crippen MR) is 65.6 cm³/mol. The maximum Gasteiger partial charge on any atom is 0.144 e. The van der Waals surface area contributed by atoms with Gasteiger partial charge >= 0.3 is 0 Å². The number of fused-ring (bicyclic) bond motifs is 1. The van der Waals surface area contributed by atoms with E-state index in [9.17, 15) is 0 Å². The minimum Gasteiger partial charge on any atom is -0.298 e. The molecule has 0 bridgehead atoms. The van der Waals surface area contributed by atoms with E-state index in [4.69, 9.17) is 11.6 Å². The third-order valence-electron chi connectivity index (χ3n) is 2.55. The van der Waals surface area contributed by atoms with Gasteiger partial charge in [-0.05, 0) is 12.1 Å². The second-order valence-electron chi connectivity index (χ2n) is 3.56. The van der Waals surface area contributed by atoms with Crippen molar-refractivity contribution in [2.75, 3.05) is 0 Å². The molecule has 0 saturated carbocycles. The molecule has 2 aromatic heterocycles. The van der Waals surface area contributed by atoms with Crippen LogP contribution in [0.2, 0.25) is 5.02 Å². The predicted octanol–water partition coefficient (Wildman–Crippen LogP) is 3.65. The Morgan fingerprint density at radius 2 is 1.81 bits per heavy atom. The molecule has 2 heterocycles. The number of benzene rings is 1. The molecule has 3 aromatic rings. The topological polar surface area (TPSA) is 17.3 Å². The fraction of sp³-hybridized carbons (Fsp3) is 0. The van der Waals surface area contributed by atoms with E-state index in [0.29, 0.717) is 0 Å². The number of halogens is 1. The van der Waals surface area contributed by atoms with Crippen LogP contribution in [0.5, 0.6) is 0 Å². The second kappa shape index (κ2) is 3.65. The van der Waals surface area contributed by atoms with Crippen molar-refractivity contribution in [3.05, 3.63) is 59.9 Å². The summed E-state index contributed by atoms with van der Waals surface area (Å²) in [5.41, 5.74) is 2.02. The van der Waals surface area contributed by atoms with E-state index in [2.05, 4.69) is 4.98 Å². The molecule has 0 fully saturated rings. The number of hydrogen-bond acceptors (Lipinski definition) is 1. The number of hydrogen-bond donors (Lipinski definition) is 0. The zero-order chi connectivity index (χ0) is 11.0. The lowest BCUT2D eigenvalue weighted by Gasteiger charge is -2.01. The Morgan fingerprint density at radius 1 is 1.00 bits per heavy atom. The first-order chi connectivity index (χ1) is 7.86. The molecule has 0 radical (unpaired) electrons. The molecule has 3 rings (SSSR count). The van der Waals surface area contributed by atoms with Gasteiger partial charge < -0.3 is 0 Å². The van der Waals surface area contributed by atoms with Crippen molar-refractivity contribution in [3.63, 3.8) is 0 Å². The Hall–Kier alpha value is -1.80. The van der Waals surface area contributed by atoms with Gasteiger partial charge in [0.25, 0.3) is 0 Å². The molecule has 0 aliphatic heterocycles. The monoisotopic (exact) mass is 228 g/mol. The Bertz CT molecular complexity index is 629. The van der Waals surface area contributed by atoms with E-state index in [1.165, 1.54) is 0 Å². The van der Waals surface area contributed by atoms with Crippen LogP contribution in [0.3, 0.4) is 0 Å². The molecule has 1 aromatic carbocycles. The third-order valence-corrected chi connectivity index (χ3v) is 2.87. The molecule has 16 heavy (non-hydrogen) atoms. The molecule has 78 valence electrons. The SMILES string of the molecule is Clc1cccn2c(-c3ccccc3)ncc12. The summed E-state index contributed by atoms with van der Waals surface area (Å²) in [4.78, 5) is 4.40. The summed E-state index contributed by atoms with van der Waals surface area (Å²) in [5, 5.41) is 0.720. The molecule has 0 atom stereocenters. The number of nitrogens with zero attached hydrogens (tertiary/aromatic N) is 2. The maximum atomic E-state index is 6.10. The molecule has 0 amide bonds. The largest absolute Gasteiger partial charge is 0.298 e. The summed E-state index contributed by atoms with van der Waals surface area (Å²) < 4.78 is 2.00. The van der Waals surface area contributed by atoms with Gasteiger partial charge in [-0.1, -0.05) is 41.9 Å². The van der Waals surface area contributed by atoms with E-state index in [1.807, 2.05) is 53.1 Å². The number of aromatic nitrogens is 2. The molecule has 0 saturated heterocycles. The Labute approximate surface area is 98.1 Å². The van der Waals surface area contributed by atoms with Crippen LogP contribution in [0.15, 0.2) is 54.9 Å². The van der Waals surface area contributed by atoms with Crippen molar-refractivity contribution in [3.8, 4) is 11.4 Å². The minimum absolute atomic E-state index is 0.720. The number of pyridine rings is 1. The van der Waals surface area contributed by atoms with Gasteiger partial charge in [-0.2, -0.15) is 0 Å². The smallest absolute Gasteiger partial charge is 0.144 e. The van der Waals surface area contributed by atoms with Crippen molar-refractivity contribution in [1.82, 2.24) is 9.38 Å². The summed E-state index contributed by atoms with van der Waals surface area (Å²) in [6, 6.07) is 13.9. The maximum absolute atomic E-state index is 6.10. The van der Waals surface area contributed by atoms with Gasteiger partial charge in [-0.25, -0.2) is 4.98 Å². The van der Waals surface area contributed by atoms with Crippen molar-refractivity contribution in [2.45, 2.75) is 0 Å². The van der Waals surface area contributed by atoms with E-state index in [-0.39, 0.29) is 0 Å². The number of rotatable bonds is 1. The highest BCUT2D eigenvalue weighted by Gasteiger charge is 2.06. The van der Waals surface area contributed by atoms with Crippen LogP contribution < -0.4 is 0 Å². The van der Waals surface area contributed by atoms with Gasteiger partial charge in [-0.3, -0.25) is 4.40 Å². The van der Waals surface area contributed by atoms with Crippen LogP contribution in [0, 0.1) is 0 Å². The first kappa shape index (κ1) is 9.43. The molecular formula is C13H9ClN2. The Morgan fingerprint density at radius 3 is 2.62 bits per heavy atom. The van der Waals surface area contributed by atoms with Crippen LogP contribution in [0.4, 0.5) is 0 Å². The van der Waals surface area contributed by atoms with Crippen molar-refractivity contribution in [1.29, 1.82) is 0 Å². The van der Waals surface area contributed by atoms with Gasteiger partial charge in [0.1, 0.15) is 5.82 Å². The highest BCUT2D eigenvalue weighted by atomic mass is 35.5. The summed E-state index contributed by atoms with van der Waals surface area (Å²) in [5.74, 6) is 0.915. The third kappa shape index (κ3) is 1.39. The van der Waals surface area contributed by atoms with Gasteiger partial charge in [0.15, 0.2) is 0 Å².